The maximum atomic E-state index is 14.6. The zero-order valence-corrected chi connectivity index (χ0v) is 23.8. The van der Waals surface area contributed by atoms with Gasteiger partial charge in [-0.3, -0.25) is 4.79 Å². The number of amides is 1. The van der Waals surface area contributed by atoms with Crippen LogP contribution in [0.25, 0.3) is 10.8 Å². The lowest BCUT2D eigenvalue weighted by Gasteiger charge is -2.41. The number of likely N-dealkylation sites (tertiary alicyclic amines) is 1. The Balaban J connectivity index is 1.33. The van der Waals surface area contributed by atoms with Gasteiger partial charge in [0.25, 0.3) is 0 Å². The molecule has 1 amide bonds. The Morgan fingerprint density at radius 3 is 2.79 bits per heavy atom. The second kappa shape index (κ2) is 11.9. The van der Waals surface area contributed by atoms with Crippen LogP contribution in [0.5, 0.6) is 11.9 Å². The average Bonchev–Trinajstić information content (AvgIpc) is 3.43. The molecule has 218 valence electrons. The first kappa shape index (κ1) is 27.9. The first-order chi connectivity index (χ1) is 20.5. The molecule has 2 unspecified atom stereocenters. The van der Waals surface area contributed by atoms with E-state index in [0.29, 0.717) is 62.2 Å². The maximum absolute atomic E-state index is 14.6. The van der Waals surface area contributed by atoms with E-state index in [0.717, 1.165) is 35.9 Å². The lowest BCUT2D eigenvalue weighted by Crippen LogP contribution is -2.55. The van der Waals surface area contributed by atoms with E-state index in [1.54, 1.807) is 17.0 Å². The number of halogens is 1. The Kier molecular flexibility index (Phi) is 7.94. The summed E-state index contributed by atoms with van der Waals surface area (Å²) in [7, 11) is 2.10. The highest BCUT2D eigenvalue weighted by Gasteiger charge is 2.35. The van der Waals surface area contributed by atoms with E-state index < -0.39 is 0 Å². The van der Waals surface area contributed by atoms with Crippen molar-refractivity contribution in [2.24, 2.45) is 0 Å². The summed E-state index contributed by atoms with van der Waals surface area (Å²) < 4.78 is 27.3. The normalized spacial score (nSPS) is 22.4. The van der Waals surface area contributed by atoms with E-state index in [1.165, 1.54) is 12.1 Å². The van der Waals surface area contributed by atoms with Crippen molar-refractivity contribution < 1.29 is 18.7 Å². The summed E-state index contributed by atoms with van der Waals surface area (Å²) in [5.74, 6) is 0.734. The van der Waals surface area contributed by atoms with Crippen LogP contribution in [0.3, 0.4) is 0 Å². The molecule has 2 aromatic carbocycles. The van der Waals surface area contributed by atoms with Crippen molar-refractivity contribution in [2.75, 3.05) is 44.7 Å². The smallest absolute Gasteiger partial charge is 0.321 e. The van der Waals surface area contributed by atoms with Gasteiger partial charge < -0.3 is 24.2 Å². The summed E-state index contributed by atoms with van der Waals surface area (Å²) >= 11 is 0. The fraction of sp³-hybridized carbons (Fsp3) is 0.438. The minimum Gasteiger partial charge on any atom is -0.469 e. The van der Waals surface area contributed by atoms with Gasteiger partial charge in [0, 0.05) is 36.6 Å². The van der Waals surface area contributed by atoms with Gasteiger partial charge in [0.15, 0.2) is 0 Å². The third-order valence-corrected chi connectivity index (χ3v) is 8.73. The van der Waals surface area contributed by atoms with E-state index >= 15 is 0 Å². The van der Waals surface area contributed by atoms with Crippen LogP contribution in [0.15, 0.2) is 49.1 Å². The van der Waals surface area contributed by atoms with Crippen molar-refractivity contribution in [2.45, 2.75) is 50.3 Å². The number of nitriles is 1. The lowest BCUT2D eigenvalue weighted by atomic mass is 9.94. The van der Waals surface area contributed by atoms with Crippen molar-refractivity contribution in [3.63, 3.8) is 0 Å². The van der Waals surface area contributed by atoms with Gasteiger partial charge in [-0.05, 0) is 56.8 Å². The average molecular weight is 571 g/mol. The largest absolute Gasteiger partial charge is 0.469 e. The fourth-order valence-electron chi connectivity index (χ4n) is 6.44. The number of ether oxygens (including phenoxy) is 2. The van der Waals surface area contributed by atoms with Crippen LogP contribution in [0.2, 0.25) is 0 Å². The molecule has 2 saturated heterocycles. The second-order valence-electron chi connectivity index (χ2n) is 11.2. The van der Waals surface area contributed by atoms with Crippen LogP contribution in [-0.2, 0) is 11.2 Å². The summed E-state index contributed by atoms with van der Waals surface area (Å²) in [6.07, 6.45) is 4.70. The highest BCUT2D eigenvalue weighted by molar-refractivity contribution is 5.88. The first-order valence-electron chi connectivity index (χ1n) is 14.6. The van der Waals surface area contributed by atoms with Crippen LogP contribution in [0.1, 0.15) is 42.9 Å². The fourth-order valence-corrected chi connectivity index (χ4v) is 6.44. The first-order valence-corrected chi connectivity index (χ1v) is 14.6. The van der Waals surface area contributed by atoms with E-state index in [2.05, 4.69) is 29.5 Å². The molecule has 0 N–H and O–H groups in total. The van der Waals surface area contributed by atoms with E-state index in [-0.39, 0.29) is 36.3 Å². The molecule has 0 spiro atoms. The zero-order chi connectivity index (χ0) is 29.2. The summed E-state index contributed by atoms with van der Waals surface area (Å²) in [5.41, 5.74) is 1.79. The molecule has 1 aromatic heterocycles. The van der Waals surface area contributed by atoms with Crippen LogP contribution in [-0.4, -0.2) is 77.6 Å². The number of fused-ring (bicyclic) bond motifs is 2. The highest BCUT2D eigenvalue weighted by atomic mass is 19.1. The van der Waals surface area contributed by atoms with Crippen molar-refractivity contribution >= 4 is 22.5 Å². The highest BCUT2D eigenvalue weighted by Crippen LogP contribution is 2.41. The number of benzene rings is 2. The number of aromatic nitrogens is 2. The number of hydrogen-bond acceptors (Lipinski definition) is 8. The van der Waals surface area contributed by atoms with Gasteiger partial charge in [-0.25, -0.2) is 4.39 Å². The van der Waals surface area contributed by atoms with Gasteiger partial charge in [-0.1, -0.05) is 36.9 Å². The Labute approximate surface area is 245 Å². The molecule has 6 rings (SSSR count). The summed E-state index contributed by atoms with van der Waals surface area (Å²) in [6, 6.07) is 13.2. The van der Waals surface area contributed by atoms with Gasteiger partial charge >= 0.3 is 6.01 Å². The van der Waals surface area contributed by atoms with Gasteiger partial charge in [0.05, 0.1) is 24.1 Å². The quantitative estimate of drug-likeness (QED) is 0.385. The number of carbonyl (C=O) groups is 1. The number of anilines is 1. The van der Waals surface area contributed by atoms with Crippen molar-refractivity contribution in [3.05, 3.63) is 66.0 Å². The number of nitrogens with zero attached hydrogens (tertiary/aromatic N) is 6. The third-order valence-electron chi connectivity index (χ3n) is 8.73. The predicted molar refractivity (Wildman–Crippen MR) is 157 cm³/mol. The molecule has 3 aliphatic heterocycles. The molecule has 0 aliphatic carbocycles. The van der Waals surface area contributed by atoms with Crippen LogP contribution in [0, 0.1) is 17.1 Å². The molecule has 9 nitrogen and oxygen atoms in total. The number of hydrogen-bond donors (Lipinski definition) is 0. The Morgan fingerprint density at radius 2 is 2.00 bits per heavy atom. The molecule has 3 atom stereocenters. The molecule has 4 heterocycles. The second-order valence-corrected chi connectivity index (χ2v) is 11.2. The van der Waals surface area contributed by atoms with Gasteiger partial charge in [-0.2, -0.15) is 15.2 Å². The molecule has 2 fully saturated rings. The molecular formula is C32H35FN6O3. The predicted octanol–water partition coefficient (Wildman–Crippen LogP) is 4.43. The molecule has 42 heavy (non-hydrogen) atoms. The number of carbonyl (C=O) groups excluding carboxylic acids is 1. The van der Waals surface area contributed by atoms with E-state index in [1.807, 2.05) is 18.2 Å². The van der Waals surface area contributed by atoms with Gasteiger partial charge in [0.1, 0.15) is 24.3 Å². The third kappa shape index (κ3) is 5.37. The molecular weight excluding hydrogens is 535 g/mol. The number of piperazine rings is 1. The van der Waals surface area contributed by atoms with Crippen molar-refractivity contribution in [3.8, 4) is 18.0 Å². The number of rotatable bonds is 7. The molecule has 3 aliphatic rings. The van der Waals surface area contributed by atoms with Crippen molar-refractivity contribution in [1.82, 2.24) is 19.8 Å². The summed E-state index contributed by atoms with van der Waals surface area (Å²) in [5, 5.41) is 10.9. The Bertz CT molecular complexity index is 1540. The summed E-state index contributed by atoms with van der Waals surface area (Å²) in [6.45, 7) is 6.58. The van der Waals surface area contributed by atoms with E-state index in [4.69, 9.17) is 19.4 Å². The molecule has 0 radical (unpaired) electrons. The monoisotopic (exact) mass is 570 g/mol. The zero-order valence-electron chi connectivity index (χ0n) is 23.8. The van der Waals surface area contributed by atoms with Gasteiger partial charge in [0.2, 0.25) is 11.8 Å². The van der Waals surface area contributed by atoms with Gasteiger partial charge in [-0.15, -0.1) is 0 Å². The standard InChI is InChI=1S/C32H35FN6O3/c1-3-29(40)39-18-17-38(19-21(39)14-15-34)30-26-12-13-28(25-10-4-9-24-23(25)8-5-11-27(24)33)42-31(26)36-32(35-30)41-20-22-7-6-16-37(22)2/h3-5,8-11,21-22,28H,1,6-7,12-14,16-20H2,2H3/t21-,22?,28?/m0/s1. The Hall–Kier alpha value is -4.23. The van der Waals surface area contributed by atoms with Crippen LogP contribution in [0.4, 0.5) is 10.2 Å². The minimum absolute atomic E-state index is 0.179. The number of likely N-dealkylation sites (N-methyl/N-ethyl adjacent to an activating group) is 1. The Morgan fingerprint density at radius 1 is 1.17 bits per heavy atom. The van der Waals surface area contributed by atoms with Crippen LogP contribution >= 0.6 is 0 Å². The molecule has 3 aromatic rings. The lowest BCUT2D eigenvalue weighted by molar-refractivity contribution is -0.128. The minimum atomic E-state index is -0.312. The van der Waals surface area contributed by atoms with Crippen molar-refractivity contribution in [1.29, 1.82) is 5.26 Å². The van der Waals surface area contributed by atoms with E-state index in [9.17, 15) is 14.4 Å². The molecule has 10 heteroatoms. The summed E-state index contributed by atoms with van der Waals surface area (Å²) in [4.78, 5) is 28.2. The molecule has 0 bridgehead atoms. The topological polar surface area (TPSA) is 94.8 Å². The SMILES string of the molecule is C=CC(=O)N1CCN(c2nc(OCC3CCCN3C)nc3c2CCC(c2cccc4c(F)cccc24)O3)C[C@@H]1CC#N. The molecule has 0 saturated carbocycles. The maximum Gasteiger partial charge on any atom is 0.321 e. The van der Waals surface area contributed by atoms with Crippen LogP contribution < -0.4 is 14.4 Å².